The van der Waals surface area contributed by atoms with Gasteiger partial charge < -0.3 is 5.32 Å². The lowest BCUT2D eigenvalue weighted by atomic mass is 10.1. The van der Waals surface area contributed by atoms with Crippen LogP contribution in [0.4, 0.5) is 0 Å². The first-order chi connectivity index (χ1) is 9.34. The molecule has 0 amide bonds. The van der Waals surface area contributed by atoms with Gasteiger partial charge in [0.05, 0.1) is 11.6 Å². The van der Waals surface area contributed by atoms with Gasteiger partial charge in [-0.05, 0) is 24.6 Å². The normalized spacial score (nSPS) is 12.7. The van der Waals surface area contributed by atoms with Crippen LogP contribution in [0.15, 0.2) is 48.1 Å². The van der Waals surface area contributed by atoms with Crippen molar-refractivity contribution in [3.8, 4) is 0 Å². The number of rotatable bonds is 4. The molecule has 0 bridgehead atoms. The van der Waals surface area contributed by atoms with Crippen LogP contribution >= 0.6 is 11.3 Å². The second-order valence-electron chi connectivity index (χ2n) is 4.46. The van der Waals surface area contributed by atoms with Crippen LogP contribution in [0.2, 0.25) is 0 Å². The first-order valence-electron chi connectivity index (χ1n) is 6.30. The van der Waals surface area contributed by atoms with Gasteiger partial charge in [0.1, 0.15) is 5.01 Å². The van der Waals surface area contributed by atoms with E-state index in [0.29, 0.717) is 0 Å². The van der Waals surface area contributed by atoms with Crippen molar-refractivity contribution in [2.45, 2.75) is 19.5 Å². The Bertz CT molecular complexity index is 659. The van der Waals surface area contributed by atoms with Crippen molar-refractivity contribution in [3.63, 3.8) is 0 Å². The molecule has 1 N–H and O–H groups in total. The number of benzene rings is 1. The average Bonchev–Trinajstić information content (AvgIpc) is 2.99. The zero-order chi connectivity index (χ0) is 13.1. The van der Waals surface area contributed by atoms with Crippen molar-refractivity contribution in [3.05, 3.63) is 58.7 Å². The molecule has 1 atom stereocenters. The Morgan fingerprint density at radius 2 is 2.05 bits per heavy atom. The van der Waals surface area contributed by atoms with Crippen molar-refractivity contribution >= 4 is 22.2 Å². The van der Waals surface area contributed by atoms with Gasteiger partial charge >= 0.3 is 0 Å². The van der Waals surface area contributed by atoms with Crippen molar-refractivity contribution in [1.29, 1.82) is 0 Å². The molecule has 0 aliphatic heterocycles. The molecule has 3 rings (SSSR count). The standard InChI is InChI=1S/C15H15N3S/c1-11(15-17-8-9-19-15)18-10-12-6-7-16-14-5-3-2-4-13(12)14/h2-9,11,18H,10H2,1H3. The van der Waals surface area contributed by atoms with Crippen LogP contribution < -0.4 is 5.32 Å². The second-order valence-corrected chi connectivity index (χ2v) is 5.39. The summed E-state index contributed by atoms with van der Waals surface area (Å²) in [6, 6.07) is 10.6. The number of hydrogen-bond donors (Lipinski definition) is 1. The maximum atomic E-state index is 4.38. The molecule has 1 aromatic carbocycles. The lowest BCUT2D eigenvalue weighted by molar-refractivity contribution is 0.573. The summed E-state index contributed by atoms with van der Waals surface area (Å²) in [5.74, 6) is 0. The van der Waals surface area contributed by atoms with E-state index >= 15 is 0 Å². The van der Waals surface area contributed by atoms with Crippen LogP contribution in [0.3, 0.4) is 0 Å². The van der Waals surface area contributed by atoms with Gasteiger partial charge in [0.2, 0.25) is 0 Å². The first-order valence-corrected chi connectivity index (χ1v) is 7.18. The monoisotopic (exact) mass is 269 g/mol. The number of pyridine rings is 1. The molecule has 0 fully saturated rings. The molecule has 0 aliphatic rings. The van der Waals surface area contributed by atoms with Gasteiger partial charge in [-0.1, -0.05) is 18.2 Å². The molecular formula is C15H15N3S. The maximum absolute atomic E-state index is 4.38. The van der Waals surface area contributed by atoms with Gasteiger partial charge in [-0.15, -0.1) is 11.3 Å². The molecule has 0 saturated heterocycles. The third-order valence-electron chi connectivity index (χ3n) is 3.16. The number of nitrogens with one attached hydrogen (secondary N) is 1. The molecule has 3 aromatic rings. The van der Waals surface area contributed by atoms with Gasteiger partial charge in [0.15, 0.2) is 0 Å². The minimum absolute atomic E-state index is 0.270. The summed E-state index contributed by atoms with van der Waals surface area (Å²) in [6.45, 7) is 2.96. The predicted octanol–water partition coefficient (Wildman–Crippen LogP) is 3.54. The van der Waals surface area contributed by atoms with E-state index in [-0.39, 0.29) is 6.04 Å². The van der Waals surface area contributed by atoms with Crippen LogP contribution in [-0.2, 0) is 6.54 Å². The second kappa shape index (κ2) is 5.47. The lowest BCUT2D eigenvalue weighted by Crippen LogP contribution is -2.18. The number of thiazole rings is 1. The largest absolute Gasteiger partial charge is 0.304 e. The molecule has 0 spiro atoms. The van der Waals surface area contributed by atoms with E-state index in [0.717, 1.165) is 17.1 Å². The Morgan fingerprint density at radius 3 is 2.89 bits per heavy atom. The fourth-order valence-corrected chi connectivity index (χ4v) is 2.78. The molecular weight excluding hydrogens is 254 g/mol. The minimum Gasteiger partial charge on any atom is -0.304 e. The quantitative estimate of drug-likeness (QED) is 0.787. The van der Waals surface area contributed by atoms with E-state index in [2.05, 4.69) is 40.4 Å². The SMILES string of the molecule is CC(NCc1ccnc2ccccc12)c1nccs1. The summed E-state index contributed by atoms with van der Waals surface area (Å²) in [4.78, 5) is 8.72. The predicted molar refractivity (Wildman–Crippen MR) is 79.1 cm³/mol. The molecule has 2 aromatic heterocycles. The highest BCUT2D eigenvalue weighted by atomic mass is 32.1. The van der Waals surface area contributed by atoms with Crippen LogP contribution in [0.5, 0.6) is 0 Å². The summed E-state index contributed by atoms with van der Waals surface area (Å²) in [5.41, 5.74) is 2.32. The Kier molecular flexibility index (Phi) is 3.53. The van der Waals surface area contributed by atoms with Crippen molar-refractivity contribution in [2.24, 2.45) is 0 Å². The summed E-state index contributed by atoms with van der Waals surface area (Å²) in [6.07, 6.45) is 3.72. The molecule has 1 unspecified atom stereocenters. The highest BCUT2D eigenvalue weighted by Crippen LogP contribution is 2.19. The molecule has 19 heavy (non-hydrogen) atoms. The van der Waals surface area contributed by atoms with Crippen LogP contribution in [0.1, 0.15) is 23.5 Å². The summed E-state index contributed by atoms with van der Waals surface area (Å²) in [7, 11) is 0. The highest BCUT2D eigenvalue weighted by Gasteiger charge is 2.08. The smallest absolute Gasteiger partial charge is 0.109 e. The van der Waals surface area contributed by atoms with Gasteiger partial charge in [0, 0.05) is 29.7 Å². The molecule has 4 heteroatoms. The summed E-state index contributed by atoms with van der Waals surface area (Å²) in [5, 5.41) is 7.86. The zero-order valence-corrected chi connectivity index (χ0v) is 11.5. The molecule has 0 radical (unpaired) electrons. The Morgan fingerprint density at radius 1 is 1.16 bits per heavy atom. The Balaban J connectivity index is 1.79. The fourth-order valence-electron chi connectivity index (χ4n) is 2.11. The van der Waals surface area contributed by atoms with Crippen molar-refractivity contribution < 1.29 is 0 Å². The molecule has 96 valence electrons. The van der Waals surface area contributed by atoms with E-state index in [1.54, 1.807) is 11.3 Å². The molecule has 0 aliphatic carbocycles. The van der Waals surface area contributed by atoms with Gasteiger partial charge in [-0.2, -0.15) is 0 Å². The van der Waals surface area contributed by atoms with Gasteiger partial charge in [-0.3, -0.25) is 4.98 Å². The van der Waals surface area contributed by atoms with E-state index < -0.39 is 0 Å². The van der Waals surface area contributed by atoms with Crippen LogP contribution in [-0.4, -0.2) is 9.97 Å². The first kappa shape index (κ1) is 12.3. The molecule has 0 saturated carbocycles. The minimum atomic E-state index is 0.270. The third kappa shape index (κ3) is 2.64. The molecule has 3 nitrogen and oxygen atoms in total. The summed E-state index contributed by atoms with van der Waals surface area (Å²) >= 11 is 1.68. The van der Waals surface area contributed by atoms with Crippen LogP contribution in [0, 0.1) is 0 Å². The van der Waals surface area contributed by atoms with Gasteiger partial charge in [0.25, 0.3) is 0 Å². The average molecular weight is 269 g/mol. The topological polar surface area (TPSA) is 37.8 Å². The number of para-hydroxylation sites is 1. The third-order valence-corrected chi connectivity index (χ3v) is 4.12. The zero-order valence-electron chi connectivity index (χ0n) is 10.7. The fraction of sp³-hybridized carbons (Fsp3) is 0.200. The number of hydrogen-bond acceptors (Lipinski definition) is 4. The van der Waals surface area contributed by atoms with Gasteiger partial charge in [-0.25, -0.2) is 4.98 Å². The van der Waals surface area contributed by atoms with E-state index in [1.807, 2.05) is 29.9 Å². The summed E-state index contributed by atoms with van der Waals surface area (Å²) < 4.78 is 0. The molecule has 2 heterocycles. The number of fused-ring (bicyclic) bond motifs is 1. The lowest BCUT2D eigenvalue weighted by Gasteiger charge is -2.12. The van der Waals surface area contributed by atoms with E-state index in [1.165, 1.54) is 10.9 Å². The van der Waals surface area contributed by atoms with Crippen molar-refractivity contribution in [2.75, 3.05) is 0 Å². The van der Waals surface area contributed by atoms with E-state index in [4.69, 9.17) is 0 Å². The Hall–Kier alpha value is -1.78. The Labute approximate surface area is 116 Å². The van der Waals surface area contributed by atoms with Crippen LogP contribution in [0.25, 0.3) is 10.9 Å². The van der Waals surface area contributed by atoms with E-state index in [9.17, 15) is 0 Å². The number of aromatic nitrogens is 2. The highest BCUT2D eigenvalue weighted by molar-refractivity contribution is 7.09. The number of nitrogens with zero attached hydrogens (tertiary/aromatic N) is 2. The van der Waals surface area contributed by atoms with Crippen molar-refractivity contribution in [1.82, 2.24) is 15.3 Å². The maximum Gasteiger partial charge on any atom is 0.109 e.